The molecule has 0 spiro atoms. The maximum absolute atomic E-state index is 11.5. The molecule has 0 radical (unpaired) electrons. The van der Waals surface area contributed by atoms with Crippen LogP contribution in [0.2, 0.25) is 0 Å². The average molecular weight is 234 g/mol. The van der Waals surface area contributed by atoms with Gasteiger partial charge in [0.25, 0.3) is 0 Å². The molecule has 7 heteroatoms. The summed E-state index contributed by atoms with van der Waals surface area (Å²) in [5.41, 5.74) is 1.53. The molecule has 2 rings (SSSR count). The summed E-state index contributed by atoms with van der Waals surface area (Å²) in [6, 6.07) is 1.53. The van der Waals surface area contributed by atoms with E-state index >= 15 is 0 Å². The van der Waals surface area contributed by atoms with Crippen LogP contribution in [-0.4, -0.2) is 26.0 Å². The number of aromatic nitrogens is 4. The van der Waals surface area contributed by atoms with Gasteiger partial charge in [0.1, 0.15) is 0 Å². The maximum atomic E-state index is 11.5. The van der Waals surface area contributed by atoms with E-state index in [4.69, 9.17) is 0 Å². The molecular weight excluding hydrogens is 220 g/mol. The van der Waals surface area contributed by atoms with Crippen LogP contribution in [0.3, 0.4) is 0 Å². The van der Waals surface area contributed by atoms with Crippen molar-refractivity contribution in [2.45, 2.75) is 20.0 Å². The van der Waals surface area contributed by atoms with Crippen LogP contribution in [0.15, 0.2) is 24.7 Å². The van der Waals surface area contributed by atoms with E-state index in [1.165, 1.54) is 0 Å². The number of nitrogens with one attached hydrogen (secondary N) is 3. The Hall–Kier alpha value is -2.31. The number of aromatic amines is 1. The Balaban J connectivity index is 1.81. The maximum Gasteiger partial charge on any atom is 0.319 e. The van der Waals surface area contributed by atoms with Crippen LogP contribution in [0.1, 0.15) is 12.6 Å². The van der Waals surface area contributed by atoms with E-state index in [-0.39, 0.29) is 6.03 Å². The molecule has 2 aromatic rings. The van der Waals surface area contributed by atoms with Crippen LogP contribution in [-0.2, 0) is 13.1 Å². The largest absolute Gasteiger partial charge is 0.332 e. The standard InChI is InChI=1S/C10H14N6O/c1-2-16-7-9(6-13-16)14-10(17)11-5-8-3-4-12-15-8/h3-4,6-7H,2,5H2,1H3,(H,12,15)(H2,11,14,17). The lowest BCUT2D eigenvalue weighted by atomic mass is 10.4. The highest BCUT2D eigenvalue weighted by Gasteiger charge is 2.03. The van der Waals surface area contributed by atoms with Crippen LogP contribution in [0.25, 0.3) is 0 Å². The third kappa shape index (κ3) is 3.07. The van der Waals surface area contributed by atoms with Crippen molar-refractivity contribution in [3.63, 3.8) is 0 Å². The highest BCUT2D eigenvalue weighted by atomic mass is 16.2. The number of nitrogens with zero attached hydrogens (tertiary/aromatic N) is 3. The molecule has 0 bridgehead atoms. The third-order valence-corrected chi connectivity index (χ3v) is 2.21. The van der Waals surface area contributed by atoms with Gasteiger partial charge < -0.3 is 10.6 Å². The predicted molar refractivity (Wildman–Crippen MR) is 62.3 cm³/mol. The van der Waals surface area contributed by atoms with E-state index < -0.39 is 0 Å². The van der Waals surface area contributed by atoms with Crippen molar-refractivity contribution in [3.8, 4) is 0 Å². The Labute approximate surface area is 98.2 Å². The second-order valence-corrected chi connectivity index (χ2v) is 3.47. The van der Waals surface area contributed by atoms with Crippen LogP contribution in [0.5, 0.6) is 0 Å². The van der Waals surface area contributed by atoms with Gasteiger partial charge >= 0.3 is 6.03 Å². The van der Waals surface area contributed by atoms with Gasteiger partial charge in [0, 0.05) is 18.9 Å². The zero-order valence-corrected chi connectivity index (χ0v) is 9.47. The molecule has 0 unspecified atom stereocenters. The van der Waals surface area contributed by atoms with Gasteiger partial charge in [-0.2, -0.15) is 10.2 Å². The Morgan fingerprint density at radius 1 is 1.59 bits per heavy atom. The summed E-state index contributed by atoms with van der Waals surface area (Å²) >= 11 is 0. The molecule has 2 heterocycles. The van der Waals surface area contributed by atoms with Crippen molar-refractivity contribution in [1.29, 1.82) is 0 Å². The lowest BCUT2D eigenvalue weighted by Gasteiger charge is -2.03. The van der Waals surface area contributed by atoms with E-state index in [2.05, 4.69) is 25.9 Å². The SMILES string of the molecule is CCn1cc(NC(=O)NCc2ccn[nH]2)cn1. The highest BCUT2D eigenvalue weighted by Crippen LogP contribution is 2.04. The van der Waals surface area contributed by atoms with Gasteiger partial charge in [-0.05, 0) is 13.0 Å². The lowest BCUT2D eigenvalue weighted by Crippen LogP contribution is -2.28. The average Bonchev–Trinajstić information content (AvgIpc) is 2.97. The summed E-state index contributed by atoms with van der Waals surface area (Å²) in [5.74, 6) is 0. The molecule has 0 saturated heterocycles. The molecule has 0 aliphatic heterocycles. The summed E-state index contributed by atoms with van der Waals surface area (Å²) in [5, 5.41) is 16.0. The highest BCUT2D eigenvalue weighted by molar-refractivity contribution is 5.88. The number of aryl methyl sites for hydroxylation is 1. The molecular formula is C10H14N6O. The number of rotatable bonds is 4. The van der Waals surface area contributed by atoms with Crippen molar-refractivity contribution in [2.75, 3.05) is 5.32 Å². The monoisotopic (exact) mass is 234 g/mol. The smallest absolute Gasteiger partial charge is 0.319 e. The fraction of sp³-hybridized carbons (Fsp3) is 0.300. The minimum absolute atomic E-state index is 0.268. The molecule has 17 heavy (non-hydrogen) atoms. The van der Waals surface area contributed by atoms with Crippen LogP contribution in [0.4, 0.5) is 10.5 Å². The fourth-order valence-electron chi connectivity index (χ4n) is 1.33. The molecule has 7 nitrogen and oxygen atoms in total. The topological polar surface area (TPSA) is 87.6 Å². The molecule has 0 atom stereocenters. The minimum atomic E-state index is -0.268. The van der Waals surface area contributed by atoms with E-state index in [0.717, 1.165) is 12.2 Å². The van der Waals surface area contributed by atoms with Crippen LogP contribution in [0, 0.1) is 0 Å². The van der Waals surface area contributed by atoms with Gasteiger partial charge in [-0.1, -0.05) is 0 Å². The van der Waals surface area contributed by atoms with Crippen molar-refractivity contribution < 1.29 is 4.79 Å². The zero-order valence-electron chi connectivity index (χ0n) is 9.47. The number of urea groups is 1. The first-order valence-electron chi connectivity index (χ1n) is 5.33. The van der Waals surface area contributed by atoms with E-state index in [9.17, 15) is 4.79 Å². The predicted octanol–water partition coefficient (Wildman–Crippen LogP) is 0.948. The van der Waals surface area contributed by atoms with E-state index in [0.29, 0.717) is 12.2 Å². The molecule has 2 aromatic heterocycles. The normalized spacial score (nSPS) is 10.2. The molecule has 2 amide bonds. The molecule has 0 saturated carbocycles. The van der Waals surface area contributed by atoms with Crippen molar-refractivity contribution >= 4 is 11.7 Å². The summed E-state index contributed by atoms with van der Waals surface area (Å²) in [6.07, 6.45) is 5.02. The van der Waals surface area contributed by atoms with E-state index in [1.54, 1.807) is 29.3 Å². The number of hydrogen-bond donors (Lipinski definition) is 3. The number of H-pyrrole nitrogens is 1. The molecule has 0 fully saturated rings. The second kappa shape index (κ2) is 5.15. The Morgan fingerprint density at radius 3 is 3.12 bits per heavy atom. The van der Waals surface area contributed by atoms with Gasteiger partial charge in [-0.25, -0.2) is 4.79 Å². The molecule has 0 aromatic carbocycles. The Morgan fingerprint density at radius 2 is 2.47 bits per heavy atom. The van der Waals surface area contributed by atoms with Gasteiger partial charge in [-0.15, -0.1) is 0 Å². The molecule has 0 aliphatic rings. The van der Waals surface area contributed by atoms with Gasteiger partial charge in [0.15, 0.2) is 0 Å². The summed E-state index contributed by atoms with van der Waals surface area (Å²) < 4.78 is 1.74. The second-order valence-electron chi connectivity index (χ2n) is 3.47. The first-order chi connectivity index (χ1) is 8.28. The molecule has 0 aliphatic carbocycles. The van der Waals surface area contributed by atoms with Crippen molar-refractivity contribution in [2.24, 2.45) is 0 Å². The van der Waals surface area contributed by atoms with Gasteiger partial charge in [0.2, 0.25) is 0 Å². The van der Waals surface area contributed by atoms with Gasteiger partial charge in [-0.3, -0.25) is 9.78 Å². The van der Waals surface area contributed by atoms with Crippen molar-refractivity contribution in [1.82, 2.24) is 25.3 Å². The number of carbonyl (C=O) groups excluding carboxylic acids is 1. The van der Waals surface area contributed by atoms with Crippen LogP contribution < -0.4 is 10.6 Å². The first-order valence-corrected chi connectivity index (χ1v) is 5.33. The minimum Gasteiger partial charge on any atom is -0.332 e. The quantitative estimate of drug-likeness (QED) is 0.736. The first kappa shape index (κ1) is 11.2. The number of carbonyl (C=O) groups is 1. The summed E-state index contributed by atoms with van der Waals surface area (Å²) in [4.78, 5) is 11.5. The fourth-order valence-corrected chi connectivity index (χ4v) is 1.33. The third-order valence-electron chi connectivity index (χ3n) is 2.21. The summed E-state index contributed by atoms with van der Waals surface area (Å²) in [7, 11) is 0. The molecule has 3 N–H and O–H groups in total. The Kier molecular flexibility index (Phi) is 3.39. The summed E-state index contributed by atoms with van der Waals surface area (Å²) in [6.45, 7) is 3.17. The number of hydrogen-bond acceptors (Lipinski definition) is 3. The van der Waals surface area contributed by atoms with Gasteiger partial charge in [0.05, 0.1) is 24.1 Å². The number of anilines is 1. The van der Waals surface area contributed by atoms with Crippen molar-refractivity contribution in [3.05, 3.63) is 30.4 Å². The zero-order chi connectivity index (χ0) is 12.1. The lowest BCUT2D eigenvalue weighted by molar-refractivity contribution is 0.251. The Bertz CT molecular complexity index is 475. The van der Waals surface area contributed by atoms with Crippen LogP contribution >= 0.6 is 0 Å². The number of amides is 2. The molecule has 90 valence electrons. The van der Waals surface area contributed by atoms with E-state index in [1.807, 2.05) is 6.92 Å².